The van der Waals surface area contributed by atoms with Gasteiger partial charge in [-0.05, 0) is 36.8 Å². The Morgan fingerprint density at radius 3 is 2.71 bits per heavy atom. The Morgan fingerprint density at radius 2 is 1.95 bits per heavy atom. The number of nitrogens with one attached hydrogen (secondary N) is 2. The monoisotopic (exact) mass is 301 g/mol. The lowest BCUT2D eigenvalue weighted by Gasteiger charge is -2.07. The first-order chi connectivity index (χ1) is 9.65. The number of benzene rings is 2. The maximum atomic E-state index is 12.4. The van der Waals surface area contributed by atoms with E-state index in [1.54, 1.807) is 12.3 Å². The molecular weight excluding hydrogens is 286 g/mol. The number of hydrogen-bond acceptors (Lipinski definition) is 2. The fourth-order valence-electron chi connectivity index (χ4n) is 2.23. The number of carbonyl (C=O) groups excluding carboxylic acids is 1. The van der Waals surface area contributed by atoms with Gasteiger partial charge in [-0.1, -0.05) is 18.2 Å². The molecule has 0 saturated carbocycles. The van der Waals surface area contributed by atoms with Gasteiger partial charge in [0.25, 0.3) is 5.91 Å². The van der Waals surface area contributed by atoms with Gasteiger partial charge < -0.3 is 16.0 Å². The molecule has 2 aromatic carbocycles. The second-order valence-corrected chi connectivity index (χ2v) is 4.78. The molecule has 0 bridgehead atoms. The predicted molar refractivity (Wildman–Crippen MR) is 89.1 cm³/mol. The van der Waals surface area contributed by atoms with Gasteiger partial charge in [0.1, 0.15) is 0 Å². The van der Waals surface area contributed by atoms with Gasteiger partial charge in [0.05, 0.1) is 5.56 Å². The molecule has 0 aliphatic carbocycles. The molecule has 3 rings (SSSR count). The van der Waals surface area contributed by atoms with Gasteiger partial charge in [-0.15, -0.1) is 12.4 Å². The van der Waals surface area contributed by atoms with Crippen LogP contribution in [-0.2, 0) is 0 Å². The fourth-order valence-corrected chi connectivity index (χ4v) is 2.23. The third kappa shape index (κ3) is 2.85. The van der Waals surface area contributed by atoms with Crippen molar-refractivity contribution < 1.29 is 4.79 Å². The standard InChI is InChI=1S/C16H15N3O.ClH/c1-10-4-2-3-5-14(10)19-16(20)13-9-18-15-7-6-11(17)8-12(13)15;/h2-9,18H,17H2,1H3,(H,19,20);1H. The van der Waals surface area contributed by atoms with E-state index in [1.807, 2.05) is 43.3 Å². The van der Waals surface area contributed by atoms with Crippen molar-refractivity contribution in [3.63, 3.8) is 0 Å². The van der Waals surface area contributed by atoms with E-state index in [0.29, 0.717) is 11.3 Å². The normalized spacial score (nSPS) is 10.1. The zero-order chi connectivity index (χ0) is 14.1. The van der Waals surface area contributed by atoms with Crippen LogP contribution in [0.2, 0.25) is 0 Å². The minimum absolute atomic E-state index is 0. The zero-order valence-electron chi connectivity index (χ0n) is 11.5. The van der Waals surface area contributed by atoms with Crippen molar-refractivity contribution >= 4 is 40.6 Å². The van der Waals surface area contributed by atoms with E-state index < -0.39 is 0 Å². The summed E-state index contributed by atoms with van der Waals surface area (Å²) in [6, 6.07) is 13.2. The summed E-state index contributed by atoms with van der Waals surface area (Å²) in [5.41, 5.74) is 9.76. The number of aromatic nitrogens is 1. The molecule has 0 radical (unpaired) electrons. The highest BCUT2D eigenvalue weighted by Crippen LogP contribution is 2.22. The van der Waals surface area contributed by atoms with Crippen molar-refractivity contribution in [2.24, 2.45) is 0 Å². The first-order valence-electron chi connectivity index (χ1n) is 6.39. The van der Waals surface area contributed by atoms with Gasteiger partial charge >= 0.3 is 0 Å². The van der Waals surface area contributed by atoms with Crippen LogP contribution in [0.25, 0.3) is 10.9 Å². The van der Waals surface area contributed by atoms with Crippen LogP contribution >= 0.6 is 12.4 Å². The molecule has 21 heavy (non-hydrogen) atoms. The second kappa shape index (κ2) is 5.89. The first kappa shape index (κ1) is 14.9. The second-order valence-electron chi connectivity index (χ2n) is 4.78. The minimum Gasteiger partial charge on any atom is -0.399 e. The molecule has 4 nitrogen and oxygen atoms in total. The molecule has 4 N–H and O–H groups in total. The molecule has 0 spiro atoms. The smallest absolute Gasteiger partial charge is 0.257 e. The lowest BCUT2D eigenvalue weighted by molar-refractivity contribution is 0.102. The van der Waals surface area contributed by atoms with Crippen molar-refractivity contribution in [1.82, 2.24) is 4.98 Å². The largest absolute Gasteiger partial charge is 0.399 e. The summed E-state index contributed by atoms with van der Waals surface area (Å²) in [7, 11) is 0. The highest BCUT2D eigenvalue weighted by molar-refractivity contribution is 6.13. The predicted octanol–water partition coefficient (Wildman–Crippen LogP) is 3.73. The molecule has 5 heteroatoms. The fraction of sp³-hybridized carbons (Fsp3) is 0.0625. The molecule has 0 fully saturated rings. The van der Waals surface area contributed by atoms with Crippen LogP contribution in [0.5, 0.6) is 0 Å². The molecule has 3 aromatic rings. The number of hydrogen-bond donors (Lipinski definition) is 3. The number of fused-ring (bicyclic) bond motifs is 1. The highest BCUT2D eigenvalue weighted by Gasteiger charge is 2.13. The number of para-hydroxylation sites is 1. The van der Waals surface area contributed by atoms with Gasteiger partial charge in [-0.25, -0.2) is 0 Å². The molecule has 1 amide bonds. The molecule has 0 aliphatic rings. The molecule has 1 aromatic heterocycles. The van der Waals surface area contributed by atoms with Crippen LogP contribution in [0.4, 0.5) is 11.4 Å². The highest BCUT2D eigenvalue weighted by atomic mass is 35.5. The van der Waals surface area contributed by atoms with Crippen LogP contribution in [0, 0.1) is 6.92 Å². The topological polar surface area (TPSA) is 70.9 Å². The summed E-state index contributed by atoms with van der Waals surface area (Å²) in [5, 5.41) is 3.75. The maximum Gasteiger partial charge on any atom is 0.257 e. The quantitative estimate of drug-likeness (QED) is 0.631. The van der Waals surface area contributed by atoms with Crippen LogP contribution in [0.15, 0.2) is 48.7 Å². The van der Waals surface area contributed by atoms with E-state index in [2.05, 4.69) is 10.3 Å². The average molecular weight is 302 g/mol. The number of aromatic amines is 1. The van der Waals surface area contributed by atoms with Crippen molar-refractivity contribution in [2.45, 2.75) is 6.92 Å². The third-order valence-corrected chi connectivity index (χ3v) is 3.34. The van der Waals surface area contributed by atoms with Gasteiger partial charge in [-0.3, -0.25) is 4.79 Å². The van der Waals surface area contributed by atoms with Crippen LogP contribution in [-0.4, -0.2) is 10.9 Å². The van der Waals surface area contributed by atoms with Crippen molar-refractivity contribution in [3.05, 3.63) is 59.8 Å². The minimum atomic E-state index is -0.142. The molecule has 0 unspecified atom stereocenters. The van der Waals surface area contributed by atoms with E-state index in [4.69, 9.17) is 5.73 Å². The Labute approximate surface area is 128 Å². The van der Waals surface area contributed by atoms with Gasteiger partial charge in [0.2, 0.25) is 0 Å². The number of anilines is 2. The van der Waals surface area contributed by atoms with Crippen LogP contribution in [0.1, 0.15) is 15.9 Å². The summed E-state index contributed by atoms with van der Waals surface area (Å²) in [4.78, 5) is 15.5. The molecule has 108 valence electrons. The lowest BCUT2D eigenvalue weighted by Crippen LogP contribution is -2.12. The Morgan fingerprint density at radius 1 is 1.19 bits per heavy atom. The van der Waals surface area contributed by atoms with E-state index >= 15 is 0 Å². The number of amides is 1. The molecule has 0 aliphatic heterocycles. The van der Waals surface area contributed by atoms with E-state index in [9.17, 15) is 4.79 Å². The van der Waals surface area contributed by atoms with Crippen LogP contribution < -0.4 is 11.1 Å². The molecule has 0 saturated heterocycles. The molecule has 0 atom stereocenters. The Kier molecular flexibility index (Phi) is 4.19. The summed E-state index contributed by atoms with van der Waals surface area (Å²) in [6.45, 7) is 1.96. The number of nitrogen functional groups attached to an aromatic ring is 1. The van der Waals surface area contributed by atoms with Crippen molar-refractivity contribution in [2.75, 3.05) is 11.1 Å². The Balaban J connectivity index is 0.00000161. The number of carbonyl (C=O) groups is 1. The zero-order valence-corrected chi connectivity index (χ0v) is 12.3. The van der Waals surface area contributed by atoms with Gasteiger partial charge in [0.15, 0.2) is 0 Å². The number of halogens is 1. The number of nitrogens with two attached hydrogens (primary N) is 1. The summed E-state index contributed by atoms with van der Waals surface area (Å²) >= 11 is 0. The molecular formula is C16H16ClN3O. The first-order valence-corrected chi connectivity index (χ1v) is 6.39. The summed E-state index contributed by atoms with van der Waals surface area (Å²) in [6.07, 6.45) is 1.71. The number of H-pyrrole nitrogens is 1. The van der Waals surface area contributed by atoms with Crippen molar-refractivity contribution in [1.29, 1.82) is 0 Å². The third-order valence-electron chi connectivity index (χ3n) is 3.34. The Bertz CT molecular complexity index is 795. The Hall–Kier alpha value is -2.46. The SMILES string of the molecule is Cc1ccccc1NC(=O)c1c[nH]c2ccc(N)cc12.Cl. The summed E-state index contributed by atoms with van der Waals surface area (Å²) in [5.74, 6) is -0.142. The maximum absolute atomic E-state index is 12.4. The number of rotatable bonds is 2. The van der Waals surface area contributed by atoms with E-state index in [0.717, 1.165) is 22.2 Å². The summed E-state index contributed by atoms with van der Waals surface area (Å²) < 4.78 is 0. The number of aryl methyl sites for hydroxylation is 1. The van der Waals surface area contributed by atoms with Gasteiger partial charge in [0, 0.05) is 28.5 Å². The van der Waals surface area contributed by atoms with E-state index in [1.165, 1.54) is 0 Å². The molecule has 1 heterocycles. The lowest BCUT2D eigenvalue weighted by atomic mass is 10.1. The average Bonchev–Trinajstić information content (AvgIpc) is 2.84. The van der Waals surface area contributed by atoms with Crippen LogP contribution in [0.3, 0.4) is 0 Å². The van der Waals surface area contributed by atoms with Crippen molar-refractivity contribution in [3.8, 4) is 0 Å². The van der Waals surface area contributed by atoms with Gasteiger partial charge in [-0.2, -0.15) is 0 Å². The van der Waals surface area contributed by atoms with E-state index in [-0.39, 0.29) is 18.3 Å².